The zero-order valence-corrected chi connectivity index (χ0v) is 10.2. The van der Waals surface area contributed by atoms with Gasteiger partial charge in [0.25, 0.3) is 0 Å². The van der Waals surface area contributed by atoms with Crippen LogP contribution in [0.25, 0.3) is 0 Å². The average Bonchev–Trinajstić information content (AvgIpc) is 2.07. The van der Waals surface area contributed by atoms with Crippen LogP contribution < -0.4 is 0 Å². The first kappa shape index (κ1) is 14.4. The van der Waals surface area contributed by atoms with Gasteiger partial charge in [0.05, 0.1) is 27.7 Å². The minimum Gasteiger partial charge on any atom is -0.481 e. The lowest BCUT2D eigenvalue weighted by Crippen LogP contribution is -2.37. The molecule has 90 valence electrons. The van der Waals surface area contributed by atoms with Gasteiger partial charge in [-0.1, -0.05) is 6.42 Å². The zero-order chi connectivity index (χ0) is 11.7. The SMILES string of the molecule is C[N+](C)(C)CCOCCCCCC(=O)O. The van der Waals surface area contributed by atoms with Crippen molar-refractivity contribution in [2.24, 2.45) is 0 Å². The van der Waals surface area contributed by atoms with Crippen LogP contribution in [0.4, 0.5) is 0 Å². The summed E-state index contributed by atoms with van der Waals surface area (Å²) in [6, 6.07) is 0. The molecule has 4 heteroatoms. The number of quaternary nitrogens is 1. The maximum atomic E-state index is 10.2. The zero-order valence-electron chi connectivity index (χ0n) is 10.2. The molecule has 0 aliphatic heterocycles. The van der Waals surface area contributed by atoms with Gasteiger partial charge in [-0.2, -0.15) is 0 Å². The third-order valence-electron chi connectivity index (χ3n) is 2.09. The van der Waals surface area contributed by atoms with E-state index in [0.717, 1.165) is 43.5 Å². The monoisotopic (exact) mass is 218 g/mol. The van der Waals surface area contributed by atoms with Crippen LogP contribution in [0.5, 0.6) is 0 Å². The molecule has 0 aliphatic carbocycles. The summed E-state index contributed by atoms with van der Waals surface area (Å²) in [5.74, 6) is -0.707. The second-order valence-electron chi connectivity index (χ2n) is 4.83. The Morgan fingerprint density at radius 3 is 2.33 bits per heavy atom. The van der Waals surface area contributed by atoms with Crippen LogP contribution >= 0.6 is 0 Å². The van der Waals surface area contributed by atoms with Crippen molar-refractivity contribution in [2.75, 3.05) is 40.9 Å². The van der Waals surface area contributed by atoms with Gasteiger partial charge in [0.1, 0.15) is 6.54 Å². The second-order valence-corrected chi connectivity index (χ2v) is 4.83. The average molecular weight is 218 g/mol. The number of ether oxygens (including phenoxy) is 1. The van der Waals surface area contributed by atoms with Gasteiger partial charge >= 0.3 is 5.97 Å². The number of unbranched alkanes of at least 4 members (excludes halogenated alkanes) is 2. The lowest BCUT2D eigenvalue weighted by Gasteiger charge is -2.23. The number of nitrogens with zero attached hydrogens (tertiary/aromatic N) is 1. The first-order chi connectivity index (χ1) is 6.92. The molecular weight excluding hydrogens is 194 g/mol. The molecule has 0 amide bonds. The Balaban J connectivity index is 3.09. The van der Waals surface area contributed by atoms with Gasteiger partial charge in [0, 0.05) is 13.0 Å². The van der Waals surface area contributed by atoms with Crippen LogP contribution in [0.1, 0.15) is 25.7 Å². The number of likely N-dealkylation sites (N-methyl/N-ethyl adjacent to an activating group) is 1. The summed E-state index contributed by atoms with van der Waals surface area (Å²) in [7, 11) is 6.41. The van der Waals surface area contributed by atoms with E-state index >= 15 is 0 Å². The molecule has 0 radical (unpaired) electrons. The van der Waals surface area contributed by atoms with Crippen molar-refractivity contribution in [3.05, 3.63) is 0 Å². The summed E-state index contributed by atoms with van der Waals surface area (Å²) in [6.45, 7) is 2.54. The van der Waals surface area contributed by atoms with Crippen molar-refractivity contribution in [3.63, 3.8) is 0 Å². The minimum absolute atomic E-state index is 0.277. The minimum atomic E-state index is -0.707. The fourth-order valence-electron chi connectivity index (χ4n) is 1.10. The molecule has 0 rings (SSSR count). The van der Waals surface area contributed by atoms with Gasteiger partial charge in [0.2, 0.25) is 0 Å². The van der Waals surface area contributed by atoms with Gasteiger partial charge in [-0.25, -0.2) is 0 Å². The van der Waals surface area contributed by atoms with E-state index in [2.05, 4.69) is 21.1 Å². The highest BCUT2D eigenvalue weighted by Crippen LogP contribution is 2.00. The summed E-state index contributed by atoms with van der Waals surface area (Å²) in [6.07, 6.45) is 2.94. The molecule has 0 unspecified atom stereocenters. The smallest absolute Gasteiger partial charge is 0.303 e. The number of carboxylic acids is 1. The molecule has 0 atom stereocenters. The summed E-state index contributed by atoms with van der Waals surface area (Å²) >= 11 is 0. The fourth-order valence-corrected chi connectivity index (χ4v) is 1.10. The first-order valence-electron chi connectivity index (χ1n) is 5.52. The molecule has 15 heavy (non-hydrogen) atoms. The van der Waals surface area contributed by atoms with Crippen molar-refractivity contribution >= 4 is 5.97 Å². The molecule has 0 saturated heterocycles. The molecule has 0 heterocycles. The lowest BCUT2D eigenvalue weighted by atomic mass is 10.2. The van der Waals surface area contributed by atoms with Crippen molar-refractivity contribution in [1.29, 1.82) is 0 Å². The van der Waals surface area contributed by atoms with Crippen molar-refractivity contribution < 1.29 is 19.1 Å². The summed E-state index contributed by atoms with van der Waals surface area (Å²) < 4.78 is 6.37. The molecule has 0 spiro atoms. The Morgan fingerprint density at radius 1 is 1.13 bits per heavy atom. The van der Waals surface area contributed by atoms with Gasteiger partial charge in [-0.15, -0.1) is 0 Å². The Bertz CT molecular complexity index is 175. The van der Waals surface area contributed by atoms with Crippen LogP contribution in [-0.4, -0.2) is 56.5 Å². The molecule has 0 bridgehead atoms. The van der Waals surface area contributed by atoms with Crippen LogP contribution in [0.15, 0.2) is 0 Å². The predicted molar refractivity (Wildman–Crippen MR) is 59.8 cm³/mol. The molecule has 1 N–H and O–H groups in total. The Morgan fingerprint density at radius 2 is 1.80 bits per heavy atom. The number of hydrogen-bond acceptors (Lipinski definition) is 2. The molecule has 0 fully saturated rings. The molecular formula is C11H24NO3+. The Labute approximate surface area is 92.4 Å². The maximum absolute atomic E-state index is 10.2. The van der Waals surface area contributed by atoms with E-state index in [1.807, 2.05) is 0 Å². The largest absolute Gasteiger partial charge is 0.481 e. The number of carbonyl (C=O) groups is 1. The molecule has 0 aromatic rings. The predicted octanol–water partition coefficient (Wildman–Crippen LogP) is 1.35. The van der Waals surface area contributed by atoms with E-state index in [1.165, 1.54) is 0 Å². The van der Waals surface area contributed by atoms with E-state index in [4.69, 9.17) is 9.84 Å². The third-order valence-corrected chi connectivity index (χ3v) is 2.09. The van der Waals surface area contributed by atoms with Crippen LogP contribution in [0.3, 0.4) is 0 Å². The number of rotatable bonds is 9. The van der Waals surface area contributed by atoms with E-state index in [-0.39, 0.29) is 6.42 Å². The standard InChI is InChI=1S/C11H23NO3/c1-12(2,3)8-10-15-9-6-4-5-7-11(13)14/h4-10H2,1-3H3/p+1. The van der Waals surface area contributed by atoms with Crippen molar-refractivity contribution in [2.45, 2.75) is 25.7 Å². The summed E-state index contributed by atoms with van der Waals surface area (Å²) in [4.78, 5) is 10.2. The lowest BCUT2D eigenvalue weighted by molar-refractivity contribution is -0.870. The van der Waals surface area contributed by atoms with E-state index < -0.39 is 5.97 Å². The Hall–Kier alpha value is -0.610. The molecule has 0 aliphatic rings. The van der Waals surface area contributed by atoms with Crippen molar-refractivity contribution in [1.82, 2.24) is 0 Å². The van der Waals surface area contributed by atoms with Gasteiger partial charge in [-0.3, -0.25) is 4.79 Å². The fraction of sp³-hybridized carbons (Fsp3) is 0.909. The van der Waals surface area contributed by atoms with Gasteiger partial charge in [0.15, 0.2) is 0 Å². The molecule has 0 aromatic heterocycles. The normalized spacial score (nSPS) is 11.7. The highest BCUT2D eigenvalue weighted by atomic mass is 16.5. The second kappa shape index (κ2) is 7.65. The number of hydrogen-bond donors (Lipinski definition) is 1. The third kappa shape index (κ3) is 13.4. The summed E-state index contributed by atoms with van der Waals surface area (Å²) in [5, 5.41) is 8.41. The Kier molecular flexibility index (Phi) is 7.34. The number of aliphatic carboxylic acids is 1. The van der Waals surface area contributed by atoms with E-state index in [1.54, 1.807) is 0 Å². The van der Waals surface area contributed by atoms with Crippen LogP contribution in [0.2, 0.25) is 0 Å². The van der Waals surface area contributed by atoms with Crippen LogP contribution in [-0.2, 0) is 9.53 Å². The molecule has 4 nitrogen and oxygen atoms in total. The van der Waals surface area contributed by atoms with Crippen molar-refractivity contribution in [3.8, 4) is 0 Å². The molecule has 0 aromatic carbocycles. The van der Waals surface area contributed by atoms with E-state index in [0.29, 0.717) is 0 Å². The highest BCUT2D eigenvalue weighted by Gasteiger charge is 2.05. The highest BCUT2D eigenvalue weighted by molar-refractivity contribution is 5.66. The maximum Gasteiger partial charge on any atom is 0.303 e. The van der Waals surface area contributed by atoms with Gasteiger partial charge < -0.3 is 14.3 Å². The number of carboxylic acid groups (broad SMARTS) is 1. The topological polar surface area (TPSA) is 46.5 Å². The first-order valence-corrected chi connectivity index (χ1v) is 5.52. The summed E-state index contributed by atoms with van der Waals surface area (Å²) in [5.41, 5.74) is 0. The quantitative estimate of drug-likeness (QED) is 0.469. The van der Waals surface area contributed by atoms with Crippen LogP contribution in [0, 0.1) is 0 Å². The molecule has 0 saturated carbocycles. The van der Waals surface area contributed by atoms with E-state index in [9.17, 15) is 4.79 Å². The van der Waals surface area contributed by atoms with Gasteiger partial charge in [-0.05, 0) is 12.8 Å².